The second-order valence-electron chi connectivity index (χ2n) is 6.00. The predicted molar refractivity (Wildman–Crippen MR) is 77.2 cm³/mol. The van der Waals surface area contributed by atoms with Crippen LogP contribution in [-0.2, 0) is 6.42 Å². The first-order valence-corrected chi connectivity index (χ1v) is 7.38. The van der Waals surface area contributed by atoms with Gasteiger partial charge in [0.2, 0.25) is 5.88 Å². The molecule has 1 aromatic heterocycles. The van der Waals surface area contributed by atoms with Crippen LogP contribution in [0, 0.1) is 11.8 Å². The van der Waals surface area contributed by atoms with Gasteiger partial charge in [0.15, 0.2) is 0 Å². The molecule has 20 heavy (non-hydrogen) atoms. The standard InChI is InChI=1S/C16H23NO3/c1-4-13-8-12(16(18)19)9-15(17-13)20-14-6-10(2)5-11(3)7-14/h8-11,14H,4-7H2,1-3H3,(H,18,19). The quantitative estimate of drug-likeness (QED) is 0.914. The van der Waals surface area contributed by atoms with Crippen LogP contribution in [0.2, 0.25) is 0 Å². The van der Waals surface area contributed by atoms with Crippen LogP contribution in [0.1, 0.15) is 56.1 Å². The van der Waals surface area contributed by atoms with Crippen molar-refractivity contribution in [2.45, 2.75) is 52.6 Å². The maximum Gasteiger partial charge on any atom is 0.335 e. The van der Waals surface area contributed by atoms with Crippen LogP contribution in [0.3, 0.4) is 0 Å². The van der Waals surface area contributed by atoms with Crippen LogP contribution in [-0.4, -0.2) is 22.2 Å². The van der Waals surface area contributed by atoms with E-state index < -0.39 is 5.97 Å². The van der Waals surface area contributed by atoms with Gasteiger partial charge < -0.3 is 9.84 Å². The minimum Gasteiger partial charge on any atom is -0.478 e. The Labute approximate surface area is 120 Å². The number of aryl methyl sites for hydroxylation is 1. The van der Waals surface area contributed by atoms with Gasteiger partial charge in [-0.05, 0) is 43.6 Å². The SMILES string of the molecule is CCc1cc(C(=O)O)cc(OC2CC(C)CC(C)C2)n1. The third kappa shape index (κ3) is 3.71. The van der Waals surface area contributed by atoms with E-state index >= 15 is 0 Å². The molecule has 0 saturated heterocycles. The first kappa shape index (κ1) is 14.8. The topological polar surface area (TPSA) is 59.4 Å². The molecule has 1 fully saturated rings. The maximum absolute atomic E-state index is 11.1. The van der Waals surface area contributed by atoms with Gasteiger partial charge in [0.05, 0.1) is 5.56 Å². The number of carboxylic acids is 1. The van der Waals surface area contributed by atoms with Gasteiger partial charge in [0.1, 0.15) is 6.10 Å². The lowest BCUT2D eigenvalue weighted by atomic mass is 9.82. The molecule has 0 spiro atoms. The highest BCUT2D eigenvalue weighted by Crippen LogP contribution is 2.31. The van der Waals surface area contributed by atoms with Gasteiger partial charge in [-0.15, -0.1) is 0 Å². The fraction of sp³-hybridized carbons (Fsp3) is 0.625. The lowest BCUT2D eigenvalue weighted by molar-refractivity contribution is 0.0692. The monoisotopic (exact) mass is 277 g/mol. The molecule has 0 amide bonds. The lowest BCUT2D eigenvalue weighted by Gasteiger charge is -2.31. The van der Waals surface area contributed by atoms with Crippen molar-refractivity contribution in [1.82, 2.24) is 4.98 Å². The molecule has 4 heteroatoms. The summed E-state index contributed by atoms with van der Waals surface area (Å²) in [6.07, 6.45) is 4.13. The van der Waals surface area contributed by atoms with E-state index in [2.05, 4.69) is 18.8 Å². The number of carboxylic acid groups (broad SMARTS) is 1. The molecule has 0 aromatic carbocycles. The maximum atomic E-state index is 11.1. The largest absolute Gasteiger partial charge is 0.478 e. The molecule has 1 heterocycles. The van der Waals surface area contributed by atoms with E-state index in [9.17, 15) is 4.79 Å². The Bertz CT molecular complexity index is 477. The van der Waals surface area contributed by atoms with Crippen molar-refractivity contribution in [1.29, 1.82) is 0 Å². The molecule has 2 unspecified atom stereocenters. The Hall–Kier alpha value is -1.58. The van der Waals surface area contributed by atoms with Crippen molar-refractivity contribution in [2.75, 3.05) is 0 Å². The highest BCUT2D eigenvalue weighted by Gasteiger charge is 2.25. The molecule has 1 saturated carbocycles. The number of nitrogens with zero attached hydrogens (tertiary/aromatic N) is 1. The third-order valence-electron chi connectivity index (χ3n) is 3.89. The van der Waals surface area contributed by atoms with E-state index in [1.165, 1.54) is 12.5 Å². The molecule has 110 valence electrons. The van der Waals surface area contributed by atoms with Gasteiger partial charge in [-0.3, -0.25) is 0 Å². The zero-order chi connectivity index (χ0) is 14.7. The Morgan fingerprint density at radius 3 is 2.50 bits per heavy atom. The summed E-state index contributed by atoms with van der Waals surface area (Å²) in [5.74, 6) is 0.819. The summed E-state index contributed by atoms with van der Waals surface area (Å²) in [5, 5.41) is 9.14. The molecule has 1 aromatic rings. The van der Waals surface area contributed by atoms with Gasteiger partial charge in [-0.1, -0.05) is 20.8 Å². The van der Waals surface area contributed by atoms with Gasteiger partial charge in [0.25, 0.3) is 0 Å². The number of pyridine rings is 1. The fourth-order valence-electron chi connectivity index (χ4n) is 3.07. The van der Waals surface area contributed by atoms with Crippen molar-refractivity contribution in [3.8, 4) is 5.88 Å². The normalized spacial score (nSPS) is 26.2. The molecule has 4 nitrogen and oxygen atoms in total. The van der Waals surface area contributed by atoms with Gasteiger partial charge in [0, 0.05) is 11.8 Å². The van der Waals surface area contributed by atoms with Gasteiger partial charge in [-0.25, -0.2) is 9.78 Å². The number of rotatable bonds is 4. The summed E-state index contributed by atoms with van der Waals surface area (Å²) < 4.78 is 5.96. The molecule has 1 aliphatic rings. The van der Waals surface area contributed by atoms with E-state index in [1.54, 1.807) is 6.07 Å². The number of hydrogen-bond acceptors (Lipinski definition) is 3. The summed E-state index contributed by atoms with van der Waals surface area (Å²) >= 11 is 0. The van der Waals surface area contributed by atoms with Crippen LogP contribution in [0.4, 0.5) is 0 Å². The summed E-state index contributed by atoms with van der Waals surface area (Å²) in [4.78, 5) is 15.5. The number of carbonyl (C=O) groups is 1. The highest BCUT2D eigenvalue weighted by molar-refractivity contribution is 5.88. The Morgan fingerprint density at radius 2 is 1.95 bits per heavy atom. The zero-order valence-electron chi connectivity index (χ0n) is 12.4. The van der Waals surface area contributed by atoms with Crippen molar-refractivity contribution >= 4 is 5.97 Å². The lowest BCUT2D eigenvalue weighted by Crippen LogP contribution is -2.29. The Morgan fingerprint density at radius 1 is 1.30 bits per heavy atom. The van der Waals surface area contributed by atoms with Crippen LogP contribution >= 0.6 is 0 Å². The van der Waals surface area contributed by atoms with Crippen molar-refractivity contribution in [3.05, 3.63) is 23.4 Å². The Kier molecular flexibility index (Phi) is 4.63. The molecular formula is C16H23NO3. The summed E-state index contributed by atoms with van der Waals surface area (Å²) in [6, 6.07) is 3.15. The van der Waals surface area contributed by atoms with E-state index in [0.29, 0.717) is 24.1 Å². The van der Waals surface area contributed by atoms with E-state index in [1.807, 2.05) is 6.92 Å². The molecule has 2 rings (SSSR count). The summed E-state index contributed by atoms with van der Waals surface area (Å²) in [5.41, 5.74) is 1.01. The second-order valence-corrected chi connectivity index (χ2v) is 6.00. The molecule has 2 atom stereocenters. The van der Waals surface area contributed by atoms with Crippen LogP contribution in [0.15, 0.2) is 12.1 Å². The summed E-state index contributed by atoms with van der Waals surface area (Å²) in [7, 11) is 0. The molecule has 0 aliphatic heterocycles. The van der Waals surface area contributed by atoms with Crippen LogP contribution in [0.5, 0.6) is 5.88 Å². The molecular weight excluding hydrogens is 254 g/mol. The van der Waals surface area contributed by atoms with E-state index in [0.717, 1.165) is 18.5 Å². The molecule has 0 bridgehead atoms. The number of ether oxygens (including phenoxy) is 1. The van der Waals surface area contributed by atoms with Crippen LogP contribution in [0.25, 0.3) is 0 Å². The number of aromatic carboxylic acids is 1. The molecule has 1 aliphatic carbocycles. The number of aromatic nitrogens is 1. The minimum atomic E-state index is -0.933. The minimum absolute atomic E-state index is 0.148. The number of hydrogen-bond donors (Lipinski definition) is 1. The average molecular weight is 277 g/mol. The van der Waals surface area contributed by atoms with E-state index in [-0.39, 0.29) is 11.7 Å². The highest BCUT2D eigenvalue weighted by atomic mass is 16.5. The van der Waals surface area contributed by atoms with E-state index in [4.69, 9.17) is 9.84 Å². The van der Waals surface area contributed by atoms with Crippen molar-refractivity contribution in [3.63, 3.8) is 0 Å². The van der Waals surface area contributed by atoms with Gasteiger partial charge in [-0.2, -0.15) is 0 Å². The Balaban J connectivity index is 2.15. The third-order valence-corrected chi connectivity index (χ3v) is 3.89. The predicted octanol–water partition coefficient (Wildman–Crippen LogP) is 3.55. The molecule has 0 radical (unpaired) electrons. The van der Waals surface area contributed by atoms with Crippen LogP contribution < -0.4 is 4.74 Å². The van der Waals surface area contributed by atoms with Crippen molar-refractivity contribution < 1.29 is 14.6 Å². The smallest absolute Gasteiger partial charge is 0.335 e. The second kappa shape index (κ2) is 6.25. The first-order chi connectivity index (χ1) is 9.47. The summed E-state index contributed by atoms with van der Waals surface area (Å²) in [6.45, 7) is 6.44. The first-order valence-electron chi connectivity index (χ1n) is 7.38. The molecule has 1 N–H and O–H groups in total. The average Bonchev–Trinajstić information content (AvgIpc) is 2.36. The zero-order valence-corrected chi connectivity index (χ0v) is 12.4. The van der Waals surface area contributed by atoms with Gasteiger partial charge >= 0.3 is 5.97 Å². The van der Waals surface area contributed by atoms with Crippen molar-refractivity contribution in [2.24, 2.45) is 11.8 Å². The fourth-order valence-corrected chi connectivity index (χ4v) is 3.07.